The highest BCUT2D eigenvalue weighted by molar-refractivity contribution is 5.93. The van der Waals surface area contributed by atoms with Gasteiger partial charge in [0.05, 0.1) is 22.7 Å². The van der Waals surface area contributed by atoms with E-state index in [1.54, 1.807) is 10.6 Å². The Balaban J connectivity index is 1.76. The van der Waals surface area contributed by atoms with Gasteiger partial charge in [-0.2, -0.15) is 0 Å². The van der Waals surface area contributed by atoms with Crippen LogP contribution in [0.4, 0.5) is 11.4 Å². The molecule has 0 bridgehead atoms. The van der Waals surface area contributed by atoms with Crippen LogP contribution in [-0.4, -0.2) is 25.3 Å². The summed E-state index contributed by atoms with van der Waals surface area (Å²) >= 11 is 0. The van der Waals surface area contributed by atoms with Crippen LogP contribution in [0.15, 0.2) is 48.8 Å². The molecule has 0 radical (unpaired) electrons. The number of nitrogens with one attached hydrogen (secondary N) is 1. The third-order valence-electron chi connectivity index (χ3n) is 3.22. The lowest BCUT2D eigenvalue weighted by atomic mass is 10.2. The van der Waals surface area contributed by atoms with E-state index in [0.717, 1.165) is 12.1 Å². The lowest BCUT2D eigenvalue weighted by molar-refractivity contribution is -0.384. The molecule has 8 nitrogen and oxygen atoms in total. The molecule has 23 heavy (non-hydrogen) atoms. The largest absolute Gasteiger partial charge is 0.506 e. The number of nitro benzene ring substituents is 1. The van der Waals surface area contributed by atoms with Gasteiger partial charge in [0.25, 0.3) is 5.69 Å². The van der Waals surface area contributed by atoms with Crippen molar-refractivity contribution in [3.8, 4) is 5.75 Å². The Kier molecular flexibility index (Phi) is 3.63. The second kappa shape index (κ2) is 5.76. The second-order valence-corrected chi connectivity index (χ2v) is 4.88. The number of hydrogen-bond donors (Lipinski definition) is 2. The minimum absolute atomic E-state index is 0.00651. The maximum absolute atomic E-state index is 12.1. The maximum Gasteiger partial charge on any atom is 0.271 e. The molecular formula is C15H12N4O4. The Morgan fingerprint density at radius 1 is 1.35 bits per heavy atom. The van der Waals surface area contributed by atoms with E-state index < -0.39 is 10.8 Å². The van der Waals surface area contributed by atoms with E-state index in [2.05, 4.69) is 10.3 Å². The number of anilines is 1. The maximum atomic E-state index is 12.1. The van der Waals surface area contributed by atoms with E-state index in [-0.39, 0.29) is 23.5 Å². The molecule has 8 heteroatoms. The summed E-state index contributed by atoms with van der Waals surface area (Å²) in [5.41, 5.74) is 1.05. The molecule has 2 aromatic heterocycles. The highest BCUT2D eigenvalue weighted by atomic mass is 16.6. The number of nitro groups is 1. The van der Waals surface area contributed by atoms with Crippen LogP contribution in [0.3, 0.4) is 0 Å². The van der Waals surface area contributed by atoms with Crippen molar-refractivity contribution in [1.82, 2.24) is 9.38 Å². The molecule has 0 saturated carbocycles. The first-order valence-electron chi connectivity index (χ1n) is 6.73. The molecule has 3 aromatic rings. The van der Waals surface area contributed by atoms with Gasteiger partial charge >= 0.3 is 0 Å². The number of aromatic hydroxyl groups is 1. The van der Waals surface area contributed by atoms with Gasteiger partial charge in [0.1, 0.15) is 11.4 Å². The quantitative estimate of drug-likeness (QED) is 0.435. The second-order valence-electron chi connectivity index (χ2n) is 4.88. The van der Waals surface area contributed by atoms with Crippen LogP contribution in [-0.2, 0) is 11.2 Å². The van der Waals surface area contributed by atoms with Crippen molar-refractivity contribution in [2.24, 2.45) is 0 Å². The van der Waals surface area contributed by atoms with Crippen molar-refractivity contribution >= 4 is 22.9 Å². The predicted octanol–water partition coefficient (Wildman–Crippen LogP) is 2.13. The number of imidazole rings is 1. The number of phenolic OH excluding ortho intramolecular Hbond substituents is 1. The number of hydrogen-bond acceptors (Lipinski definition) is 5. The lowest BCUT2D eigenvalue weighted by Gasteiger charge is -2.06. The molecule has 0 atom stereocenters. The number of aromatic nitrogens is 2. The molecule has 0 unspecified atom stereocenters. The average Bonchev–Trinajstić information content (AvgIpc) is 2.91. The van der Waals surface area contributed by atoms with Crippen LogP contribution < -0.4 is 5.32 Å². The molecule has 2 heterocycles. The normalized spacial score (nSPS) is 10.6. The molecule has 0 aliphatic carbocycles. The summed E-state index contributed by atoms with van der Waals surface area (Å²) in [6.45, 7) is 0. The van der Waals surface area contributed by atoms with Crippen molar-refractivity contribution in [2.45, 2.75) is 6.42 Å². The van der Waals surface area contributed by atoms with Gasteiger partial charge in [0.15, 0.2) is 0 Å². The summed E-state index contributed by atoms with van der Waals surface area (Å²) in [7, 11) is 0. The zero-order valence-corrected chi connectivity index (χ0v) is 11.8. The smallest absolute Gasteiger partial charge is 0.271 e. The van der Waals surface area contributed by atoms with Crippen molar-refractivity contribution in [1.29, 1.82) is 0 Å². The van der Waals surface area contributed by atoms with E-state index in [0.29, 0.717) is 11.3 Å². The van der Waals surface area contributed by atoms with Crippen LogP contribution in [0.1, 0.15) is 5.69 Å². The van der Waals surface area contributed by atoms with E-state index >= 15 is 0 Å². The van der Waals surface area contributed by atoms with Gasteiger partial charge in [0.2, 0.25) is 5.91 Å². The number of non-ortho nitro benzene ring substituents is 1. The summed E-state index contributed by atoms with van der Waals surface area (Å²) in [6, 6.07) is 8.93. The number of rotatable bonds is 4. The summed E-state index contributed by atoms with van der Waals surface area (Å²) in [5.74, 6) is -0.664. The highest BCUT2D eigenvalue weighted by Crippen LogP contribution is 2.27. The molecule has 0 fully saturated rings. The number of pyridine rings is 1. The first-order valence-corrected chi connectivity index (χ1v) is 6.73. The van der Waals surface area contributed by atoms with Crippen molar-refractivity contribution < 1.29 is 14.8 Å². The first kappa shape index (κ1) is 14.5. The van der Waals surface area contributed by atoms with E-state index in [1.807, 2.05) is 24.4 Å². The van der Waals surface area contributed by atoms with Gasteiger partial charge in [-0.25, -0.2) is 4.98 Å². The van der Waals surface area contributed by atoms with Crippen LogP contribution >= 0.6 is 0 Å². The number of carbonyl (C=O) groups is 1. The molecule has 2 N–H and O–H groups in total. The fraction of sp³-hybridized carbons (Fsp3) is 0.0667. The van der Waals surface area contributed by atoms with Gasteiger partial charge < -0.3 is 14.8 Å². The zero-order chi connectivity index (χ0) is 16.4. The van der Waals surface area contributed by atoms with E-state index in [1.165, 1.54) is 6.07 Å². The summed E-state index contributed by atoms with van der Waals surface area (Å²) < 4.78 is 1.79. The molecule has 0 saturated heterocycles. The highest BCUT2D eigenvalue weighted by Gasteiger charge is 2.14. The summed E-state index contributed by atoms with van der Waals surface area (Å²) in [4.78, 5) is 26.5. The van der Waals surface area contributed by atoms with Crippen molar-refractivity contribution in [3.63, 3.8) is 0 Å². The monoisotopic (exact) mass is 312 g/mol. The third kappa shape index (κ3) is 3.10. The van der Waals surface area contributed by atoms with Crippen LogP contribution in [0.5, 0.6) is 5.75 Å². The number of amides is 1. The van der Waals surface area contributed by atoms with Crippen LogP contribution in [0, 0.1) is 10.1 Å². The van der Waals surface area contributed by atoms with E-state index in [9.17, 15) is 20.0 Å². The average molecular weight is 312 g/mol. The number of carbonyl (C=O) groups excluding carboxylic acids is 1. The Morgan fingerprint density at radius 3 is 2.91 bits per heavy atom. The van der Waals surface area contributed by atoms with Crippen LogP contribution in [0.2, 0.25) is 0 Å². The standard InChI is InChI=1S/C15H12N4O4/c20-13-5-4-11(19(22)23)8-12(13)17-15(21)7-10-9-18-6-2-1-3-14(18)16-10/h1-6,8-9,20H,7H2,(H,17,21). The van der Waals surface area contributed by atoms with Gasteiger partial charge in [-0.3, -0.25) is 14.9 Å². The Labute approximate surface area is 130 Å². The minimum atomic E-state index is -0.600. The number of phenols is 1. The molecule has 0 spiro atoms. The fourth-order valence-corrected chi connectivity index (χ4v) is 2.17. The molecule has 0 aliphatic heterocycles. The Hall–Kier alpha value is -3.42. The molecule has 1 aromatic carbocycles. The van der Waals surface area contributed by atoms with Gasteiger partial charge in [-0.15, -0.1) is 0 Å². The van der Waals surface area contributed by atoms with Crippen molar-refractivity contribution in [3.05, 3.63) is 64.6 Å². The summed E-state index contributed by atoms with van der Waals surface area (Å²) in [6.07, 6.45) is 3.53. The Bertz CT molecular complexity index is 870. The molecule has 116 valence electrons. The van der Waals surface area contributed by atoms with Gasteiger partial charge in [-0.05, 0) is 18.2 Å². The lowest BCUT2D eigenvalue weighted by Crippen LogP contribution is -2.14. The molecular weight excluding hydrogens is 300 g/mol. The minimum Gasteiger partial charge on any atom is -0.506 e. The SMILES string of the molecule is O=C(Cc1cn2ccccc2n1)Nc1cc([N+](=O)[O-])ccc1O. The number of benzene rings is 1. The summed E-state index contributed by atoms with van der Waals surface area (Å²) in [5, 5.41) is 22.9. The third-order valence-corrected chi connectivity index (χ3v) is 3.22. The van der Waals surface area contributed by atoms with Crippen molar-refractivity contribution in [2.75, 3.05) is 5.32 Å². The topological polar surface area (TPSA) is 110 Å². The van der Waals surface area contributed by atoms with Gasteiger partial charge in [-0.1, -0.05) is 6.07 Å². The molecule has 0 aliphatic rings. The molecule has 1 amide bonds. The predicted molar refractivity (Wildman–Crippen MR) is 82.3 cm³/mol. The van der Waals surface area contributed by atoms with Crippen LogP contribution in [0.25, 0.3) is 5.65 Å². The zero-order valence-electron chi connectivity index (χ0n) is 11.8. The molecule has 3 rings (SSSR count). The van der Waals surface area contributed by atoms with E-state index in [4.69, 9.17) is 0 Å². The fourth-order valence-electron chi connectivity index (χ4n) is 2.17. The van der Waals surface area contributed by atoms with Gasteiger partial charge in [0, 0.05) is 24.5 Å². The number of nitrogens with zero attached hydrogens (tertiary/aromatic N) is 3. The Morgan fingerprint density at radius 2 is 2.17 bits per heavy atom. The number of fused-ring (bicyclic) bond motifs is 1. The first-order chi connectivity index (χ1) is 11.0.